The van der Waals surface area contributed by atoms with Crippen LogP contribution in [0.5, 0.6) is 0 Å². The highest BCUT2D eigenvalue weighted by molar-refractivity contribution is 5.29. The molecule has 6 heteroatoms. The van der Waals surface area contributed by atoms with Gasteiger partial charge in [-0.2, -0.15) is 4.98 Å². The Hall–Kier alpha value is -1.14. The van der Waals surface area contributed by atoms with Gasteiger partial charge in [0.25, 0.3) is 5.95 Å². The van der Waals surface area contributed by atoms with E-state index < -0.39 is 0 Å². The molecule has 1 aliphatic heterocycles. The summed E-state index contributed by atoms with van der Waals surface area (Å²) in [4.78, 5) is 6.62. The largest absolute Gasteiger partial charge is 0.378 e. The Kier molecular flexibility index (Phi) is 4.19. The van der Waals surface area contributed by atoms with Crippen molar-refractivity contribution in [2.24, 2.45) is 5.73 Å². The Bertz CT molecular complexity index is 362. The van der Waals surface area contributed by atoms with Crippen molar-refractivity contribution in [1.29, 1.82) is 0 Å². The van der Waals surface area contributed by atoms with Crippen molar-refractivity contribution in [3.8, 4) is 0 Å². The first-order valence-electron chi connectivity index (χ1n) is 6.62. The first-order valence-corrected chi connectivity index (χ1v) is 6.62. The number of rotatable bonds is 5. The van der Waals surface area contributed by atoms with Gasteiger partial charge in [0.15, 0.2) is 0 Å². The lowest BCUT2D eigenvalue weighted by molar-refractivity contribution is 0.121. The maximum Gasteiger partial charge on any atom is 0.266 e. The molecule has 6 nitrogen and oxygen atoms in total. The zero-order chi connectivity index (χ0) is 13.0. The van der Waals surface area contributed by atoms with Crippen LogP contribution >= 0.6 is 0 Å². The minimum Gasteiger partial charge on any atom is -0.378 e. The van der Waals surface area contributed by atoms with Gasteiger partial charge in [0, 0.05) is 19.6 Å². The van der Waals surface area contributed by atoms with Crippen LogP contribution < -0.4 is 10.6 Å². The second-order valence-electron chi connectivity index (χ2n) is 4.69. The van der Waals surface area contributed by atoms with E-state index in [2.05, 4.69) is 28.9 Å². The number of hydrogen-bond donors (Lipinski definition) is 1. The molecule has 0 spiro atoms. The number of nitrogens with zero attached hydrogens (tertiary/aromatic N) is 3. The van der Waals surface area contributed by atoms with Crippen LogP contribution in [0.2, 0.25) is 0 Å². The SMILES string of the molecule is CCC(CC)(CN)c1nc(N2CCOCC2)no1. The lowest BCUT2D eigenvalue weighted by atomic mass is 9.82. The molecule has 0 aliphatic carbocycles. The highest BCUT2D eigenvalue weighted by Crippen LogP contribution is 2.30. The Morgan fingerprint density at radius 1 is 1.28 bits per heavy atom. The summed E-state index contributed by atoms with van der Waals surface area (Å²) in [5, 5.41) is 4.08. The number of ether oxygens (including phenoxy) is 1. The van der Waals surface area contributed by atoms with Crippen molar-refractivity contribution in [2.45, 2.75) is 32.1 Å². The Balaban J connectivity index is 2.18. The van der Waals surface area contributed by atoms with Crippen LogP contribution in [0.15, 0.2) is 4.52 Å². The number of anilines is 1. The summed E-state index contributed by atoms with van der Waals surface area (Å²) in [6.45, 7) is 7.80. The minimum absolute atomic E-state index is 0.183. The second kappa shape index (κ2) is 5.67. The molecule has 1 aromatic rings. The van der Waals surface area contributed by atoms with E-state index in [0.717, 1.165) is 25.9 Å². The van der Waals surface area contributed by atoms with E-state index in [1.807, 2.05) is 0 Å². The topological polar surface area (TPSA) is 77.4 Å². The molecule has 0 amide bonds. The van der Waals surface area contributed by atoms with Crippen molar-refractivity contribution >= 4 is 5.95 Å². The minimum atomic E-state index is -0.183. The average Bonchev–Trinajstić information content (AvgIpc) is 2.93. The summed E-state index contributed by atoms with van der Waals surface area (Å²) in [6.07, 6.45) is 1.81. The summed E-state index contributed by atoms with van der Waals surface area (Å²) in [5.74, 6) is 1.32. The van der Waals surface area contributed by atoms with E-state index in [9.17, 15) is 0 Å². The summed E-state index contributed by atoms with van der Waals surface area (Å²) in [5.41, 5.74) is 5.70. The van der Waals surface area contributed by atoms with E-state index in [-0.39, 0.29) is 5.41 Å². The zero-order valence-corrected chi connectivity index (χ0v) is 11.2. The van der Waals surface area contributed by atoms with Crippen molar-refractivity contribution in [1.82, 2.24) is 10.1 Å². The van der Waals surface area contributed by atoms with Crippen LogP contribution in [-0.4, -0.2) is 43.0 Å². The second-order valence-corrected chi connectivity index (χ2v) is 4.69. The van der Waals surface area contributed by atoms with Gasteiger partial charge in [0.05, 0.1) is 18.6 Å². The number of hydrogen-bond acceptors (Lipinski definition) is 6. The van der Waals surface area contributed by atoms with Gasteiger partial charge in [-0.15, -0.1) is 0 Å². The molecule has 0 radical (unpaired) electrons. The van der Waals surface area contributed by atoms with Gasteiger partial charge in [0.1, 0.15) is 0 Å². The summed E-state index contributed by atoms with van der Waals surface area (Å²) < 4.78 is 10.7. The van der Waals surface area contributed by atoms with E-state index in [0.29, 0.717) is 31.6 Å². The summed E-state index contributed by atoms with van der Waals surface area (Å²) in [7, 11) is 0. The van der Waals surface area contributed by atoms with Crippen LogP contribution in [-0.2, 0) is 10.2 Å². The van der Waals surface area contributed by atoms with Gasteiger partial charge in [-0.05, 0) is 18.0 Å². The molecule has 18 heavy (non-hydrogen) atoms. The third-order valence-electron chi connectivity index (χ3n) is 3.91. The molecule has 2 heterocycles. The predicted octanol–water partition coefficient (Wildman–Crippen LogP) is 0.923. The quantitative estimate of drug-likeness (QED) is 0.842. The van der Waals surface area contributed by atoms with Gasteiger partial charge in [-0.25, -0.2) is 0 Å². The maximum absolute atomic E-state index is 5.89. The number of nitrogens with two attached hydrogens (primary N) is 1. The molecule has 0 saturated carbocycles. The molecule has 0 unspecified atom stereocenters. The number of morpholine rings is 1. The smallest absolute Gasteiger partial charge is 0.266 e. The Morgan fingerprint density at radius 3 is 2.50 bits per heavy atom. The van der Waals surface area contributed by atoms with Crippen molar-refractivity contribution in [2.75, 3.05) is 37.7 Å². The first-order chi connectivity index (χ1) is 8.75. The van der Waals surface area contributed by atoms with Crippen LogP contribution in [0.4, 0.5) is 5.95 Å². The monoisotopic (exact) mass is 254 g/mol. The first kappa shape index (κ1) is 13.3. The molecule has 2 rings (SSSR count). The molecule has 1 aromatic heterocycles. The Morgan fingerprint density at radius 2 is 1.94 bits per heavy atom. The standard InChI is InChI=1S/C12H22N4O2/c1-3-12(4-2,9-13)10-14-11(15-18-10)16-5-7-17-8-6-16/h3-9,13H2,1-2H3. The Labute approximate surface area is 107 Å². The lowest BCUT2D eigenvalue weighted by Crippen LogP contribution is -2.37. The normalized spacial score (nSPS) is 17.2. The maximum atomic E-state index is 5.89. The summed E-state index contributed by atoms with van der Waals surface area (Å²) >= 11 is 0. The molecule has 2 N–H and O–H groups in total. The molecule has 0 atom stereocenters. The third kappa shape index (κ3) is 2.35. The van der Waals surface area contributed by atoms with E-state index in [1.165, 1.54) is 0 Å². The van der Waals surface area contributed by atoms with Crippen molar-refractivity contribution in [3.05, 3.63) is 5.89 Å². The van der Waals surface area contributed by atoms with E-state index >= 15 is 0 Å². The van der Waals surface area contributed by atoms with Crippen molar-refractivity contribution < 1.29 is 9.26 Å². The average molecular weight is 254 g/mol. The number of aromatic nitrogens is 2. The molecular formula is C12H22N4O2. The van der Waals surface area contributed by atoms with Crippen molar-refractivity contribution in [3.63, 3.8) is 0 Å². The fraction of sp³-hybridized carbons (Fsp3) is 0.833. The highest BCUT2D eigenvalue weighted by Gasteiger charge is 2.34. The third-order valence-corrected chi connectivity index (χ3v) is 3.91. The van der Waals surface area contributed by atoms with Gasteiger partial charge in [-0.3, -0.25) is 0 Å². The molecule has 0 aromatic carbocycles. The molecular weight excluding hydrogens is 232 g/mol. The predicted molar refractivity (Wildman–Crippen MR) is 68.6 cm³/mol. The fourth-order valence-electron chi connectivity index (χ4n) is 2.25. The lowest BCUT2D eigenvalue weighted by Gasteiger charge is -2.26. The summed E-state index contributed by atoms with van der Waals surface area (Å²) in [6, 6.07) is 0. The zero-order valence-electron chi connectivity index (χ0n) is 11.2. The van der Waals surface area contributed by atoms with Gasteiger partial charge >= 0.3 is 0 Å². The van der Waals surface area contributed by atoms with Crippen LogP contribution in [0.1, 0.15) is 32.6 Å². The van der Waals surface area contributed by atoms with Crippen LogP contribution in [0.25, 0.3) is 0 Å². The van der Waals surface area contributed by atoms with Gasteiger partial charge in [-0.1, -0.05) is 13.8 Å². The van der Waals surface area contributed by atoms with Crippen LogP contribution in [0.3, 0.4) is 0 Å². The molecule has 102 valence electrons. The van der Waals surface area contributed by atoms with Crippen LogP contribution in [0, 0.1) is 0 Å². The highest BCUT2D eigenvalue weighted by atomic mass is 16.5. The molecule has 0 bridgehead atoms. The van der Waals surface area contributed by atoms with Gasteiger partial charge in [0.2, 0.25) is 5.89 Å². The van der Waals surface area contributed by atoms with Gasteiger partial charge < -0.3 is 19.9 Å². The van der Waals surface area contributed by atoms with E-state index in [1.54, 1.807) is 0 Å². The molecule has 1 aliphatic rings. The fourth-order valence-corrected chi connectivity index (χ4v) is 2.25. The molecule has 1 saturated heterocycles. The van der Waals surface area contributed by atoms with E-state index in [4.69, 9.17) is 15.0 Å². The molecule has 1 fully saturated rings.